The third-order valence-electron chi connectivity index (χ3n) is 4.69. The van der Waals surface area contributed by atoms with Crippen molar-refractivity contribution in [2.75, 3.05) is 31.4 Å². The molecule has 0 saturated carbocycles. The summed E-state index contributed by atoms with van der Waals surface area (Å²) in [5.41, 5.74) is 0.972. The molecule has 0 radical (unpaired) electrons. The van der Waals surface area contributed by atoms with Gasteiger partial charge in [-0.2, -0.15) is 0 Å². The van der Waals surface area contributed by atoms with Crippen molar-refractivity contribution in [1.29, 1.82) is 0 Å². The molecule has 33 heavy (non-hydrogen) atoms. The van der Waals surface area contributed by atoms with Crippen molar-refractivity contribution < 1.29 is 14.3 Å². The number of fused-ring (bicyclic) bond motifs is 3. The average molecular weight is 467 g/mol. The Morgan fingerprint density at radius 1 is 1.21 bits per heavy atom. The van der Waals surface area contributed by atoms with Crippen molar-refractivity contribution in [2.45, 2.75) is 11.7 Å². The number of benzene rings is 1. The summed E-state index contributed by atoms with van der Waals surface area (Å²) in [6, 6.07) is 10.7. The van der Waals surface area contributed by atoms with Gasteiger partial charge in [-0.25, -0.2) is 4.98 Å². The maximum atomic E-state index is 12.9. The maximum absolute atomic E-state index is 12.9. The number of hydrogen-bond acceptors (Lipinski definition) is 8. The highest BCUT2D eigenvalue weighted by atomic mass is 32.2. The van der Waals surface area contributed by atoms with Gasteiger partial charge in [-0.1, -0.05) is 30.0 Å². The second-order valence-electron chi connectivity index (χ2n) is 6.87. The second kappa shape index (κ2) is 10.3. The first-order chi connectivity index (χ1) is 16.1. The lowest BCUT2D eigenvalue weighted by Crippen LogP contribution is -2.22. The average Bonchev–Trinajstić information content (AvgIpc) is 3.26. The summed E-state index contributed by atoms with van der Waals surface area (Å²) < 4.78 is 13.8. The summed E-state index contributed by atoms with van der Waals surface area (Å²) in [5.74, 6) is 0.523. The van der Waals surface area contributed by atoms with Crippen molar-refractivity contribution in [1.82, 2.24) is 24.1 Å². The molecule has 4 rings (SSSR count). The minimum absolute atomic E-state index is 0.0715. The van der Waals surface area contributed by atoms with Crippen LogP contribution in [0.1, 0.15) is 0 Å². The number of allylic oxidation sites excluding steroid dienone is 1. The van der Waals surface area contributed by atoms with E-state index in [9.17, 15) is 9.59 Å². The number of ether oxygens (including phenoxy) is 2. The highest BCUT2D eigenvalue weighted by molar-refractivity contribution is 7.99. The fourth-order valence-corrected chi connectivity index (χ4v) is 4.00. The van der Waals surface area contributed by atoms with Crippen molar-refractivity contribution in [3.8, 4) is 5.88 Å². The number of para-hydroxylation sites is 1. The first kappa shape index (κ1) is 22.5. The smallest absolute Gasteiger partial charge is 0.263 e. The zero-order valence-electron chi connectivity index (χ0n) is 17.9. The quantitative estimate of drug-likeness (QED) is 0.215. The van der Waals surface area contributed by atoms with E-state index in [0.717, 1.165) is 0 Å². The van der Waals surface area contributed by atoms with Crippen molar-refractivity contribution in [3.05, 3.63) is 65.6 Å². The van der Waals surface area contributed by atoms with Crippen LogP contribution in [0.3, 0.4) is 0 Å². The summed E-state index contributed by atoms with van der Waals surface area (Å²) in [6.07, 6.45) is 3.22. The van der Waals surface area contributed by atoms with E-state index in [-0.39, 0.29) is 17.2 Å². The first-order valence-electron chi connectivity index (χ1n) is 10.1. The lowest BCUT2D eigenvalue weighted by molar-refractivity contribution is -0.113. The van der Waals surface area contributed by atoms with E-state index < -0.39 is 0 Å². The van der Waals surface area contributed by atoms with Crippen LogP contribution < -0.4 is 15.6 Å². The number of anilines is 1. The van der Waals surface area contributed by atoms with Crippen LogP contribution in [0.4, 0.5) is 5.69 Å². The number of aromatic nitrogens is 5. The van der Waals surface area contributed by atoms with Crippen LogP contribution in [0.2, 0.25) is 0 Å². The molecule has 3 heterocycles. The summed E-state index contributed by atoms with van der Waals surface area (Å²) in [4.78, 5) is 29.7. The number of hydrogen-bond donors (Lipinski definition) is 1. The molecule has 0 aliphatic heterocycles. The third kappa shape index (κ3) is 4.73. The molecule has 0 unspecified atom stereocenters. The zero-order chi connectivity index (χ0) is 23.2. The van der Waals surface area contributed by atoms with Crippen molar-refractivity contribution in [2.24, 2.45) is 0 Å². The molecular formula is C22H22N6O4S. The largest absolute Gasteiger partial charge is 0.474 e. The van der Waals surface area contributed by atoms with Gasteiger partial charge in [0.05, 0.1) is 23.3 Å². The van der Waals surface area contributed by atoms with Crippen LogP contribution in [-0.4, -0.2) is 56.1 Å². The molecule has 170 valence electrons. The van der Waals surface area contributed by atoms with E-state index in [1.807, 2.05) is 12.1 Å². The first-order valence-corrected chi connectivity index (χ1v) is 11.1. The molecule has 0 fully saturated rings. The van der Waals surface area contributed by atoms with Crippen LogP contribution in [0, 0.1) is 0 Å². The molecule has 1 aromatic carbocycles. The number of thioether (sulfide) groups is 1. The molecule has 0 saturated heterocycles. The van der Waals surface area contributed by atoms with Crippen molar-refractivity contribution in [3.63, 3.8) is 0 Å². The zero-order valence-corrected chi connectivity index (χ0v) is 18.7. The predicted molar refractivity (Wildman–Crippen MR) is 126 cm³/mol. The number of methoxy groups -OCH3 is 1. The summed E-state index contributed by atoms with van der Waals surface area (Å²) in [7, 11) is 1.58. The number of carbonyl (C=O) groups excluding carboxylic acids is 1. The molecule has 0 atom stereocenters. The van der Waals surface area contributed by atoms with Crippen LogP contribution >= 0.6 is 11.8 Å². The lowest BCUT2D eigenvalue weighted by Gasteiger charge is -2.11. The number of rotatable bonds is 10. The Morgan fingerprint density at radius 2 is 2.06 bits per heavy atom. The Bertz CT molecular complexity index is 1370. The van der Waals surface area contributed by atoms with Gasteiger partial charge < -0.3 is 14.8 Å². The number of amides is 1. The third-order valence-corrected chi connectivity index (χ3v) is 5.62. The van der Waals surface area contributed by atoms with Gasteiger partial charge in [-0.05, 0) is 24.3 Å². The SMILES string of the molecule is C=CCn1c(=O)c2ccccc2n2c(SCC(=O)Nc3cccnc3OCCOC)nnc12. The van der Waals surface area contributed by atoms with E-state index >= 15 is 0 Å². The summed E-state index contributed by atoms with van der Waals surface area (Å²) in [5, 5.41) is 12.3. The van der Waals surface area contributed by atoms with Gasteiger partial charge in [0.25, 0.3) is 5.56 Å². The molecule has 0 bridgehead atoms. The minimum Gasteiger partial charge on any atom is -0.474 e. The lowest BCUT2D eigenvalue weighted by atomic mass is 10.2. The fourth-order valence-electron chi connectivity index (χ4n) is 3.26. The van der Waals surface area contributed by atoms with Crippen LogP contribution in [0.15, 0.2) is 65.2 Å². The molecule has 10 nitrogen and oxygen atoms in total. The van der Waals surface area contributed by atoms with Gasteiger partial charge in [0.2, 0.25) is 17.6 Å². The van der Waals surface area contributed by atoms with Gasteiger partial charge in [-0.3, -0.25) is 18.6 Å². The fraction of sp³-hybridized carbons (Fsp3) is 0.227. The Kier molecular flexibility index (Phi) is 7.01. The highest BCUT2D eigenvalue weighted by Crippen LogP contribution is 2.24. The van der Waals surface area contributed by atoms with Gasteiger partial charge in [0, 0.05) is 19.9 Å². The van der Waals surface area contributed by atoms with Gasteiger partial charge in [0.15, 0.2) is 5.16 Å². The Hall–Kier alpha value is -3.70. The van der Waals surface area contributed by atoms with E-state index in [0.29, 0.717) is 53.2 Å². The van der Waals surface area contributed by atoms with Crippen LogP contribution in [-0.2, 0) is 16.1 Å². The molecular weight excluding hydrogens is 444 g/mol. The Balaban J connectivity index is 1.57. The van der Waals surface area contributed by atoms with Crippen molar-refractivity contribution >= 4 is 40.0 Å². The van der Waals surface area contributed by atoms with E-state index in [1.54, 1.807) is 48.0 Å². The number of nitrogens with zero attached hydrogens (tertiary/aromatic N) is 5. The maximum Gasteiger partial charge on any atom is 0.263 e. The number of pyridine rings is 1. The molecule has 0 aliphatic rings. The normalized spacial score (nSPS) is 11.1. The highest BCUT2D eigenvalue weighted by Gasteiger charge is 2.17. The minimum atomic E-state index is -0.259. The van der Waals surface area contributed by atoms with Gasteiger partial charge in [-0.15, -0.1) is 16.8 Å². The topological polar surface area (TPSA) is 113 Å². The Labute approximate surface area is 193 Å². The predicted octanol–water partition coefficient (Wildman–Crippen LogP) is 2.38. The molecule has 3 aromatic heterocycles. The summed E-state index contributed by atoms with van der Waals surface area (Å²) >= 11 is 1.21. The van der Waals surface area contributed by atoms with E-state index in [1.165, 1.54) is 16.3 Å². The Morgan fingerprint density at radius 3 is 2.88 bits per heavy atom. The molecule has 1 amide bonds. The molecule has 11 heteroatoms. The van der Waals surface area contributed by atoms with Gasteiger partial charge >= 0.3 is 0 Å². The number of carbonyl (C=O) groups is 1. The monoisotopic (exact) mass is 466 g/mol. The standard InChI is InChI=1S/C22H22N6O4S/c1-3-11-27-20(30)15-7-4-5-9-17(15)28-21(27)25-26-22(28)33-14-18(29)24-16-8-6-10-23-19(16)32-13-12-31-2/h3-10H,1,11-14H2,2H3,(H,24,29). The van der Waals surface area contributed by atoms with Crippen LogP contribution in [0.5, 0.6) is 5.88 Å². The van der Waals surface area contributed by atoms with Gasteiger partial charge in [0.1, 0.15) is 12.3 Å². The molecule has 0 aliphatic carbocycles. The second-order valence-corrected chi connectivity index (χ2v) is 7.82. The van der Waals surface area contributed by atoms with E-state index in [4.69, 9.17) is 9.47 Å². The molecule has 1 N–H and O–H groups in total. The summed E-state index contributed by atoms with van der Waals surface area (Å²) in [6.45, 7) is 4.74. The van der Waals surface area contributed by atoms with Crippen LogP contribution in [0.25, 0.3) is 16.7 Å². The number of nitrogens with one attached hydrogen (secondary N) is 1. The van der Waals surface area contributed by atoms with E-state index in [2.05, 4.69) is 27.1 Å². The molecule has 0 spiro atoms. The molecule has 4 aromatic rings.